The van der Waals surface area contributed by atoms with E-state index in [-0.39, 0.29) is 17.7 Å². The smallest absolute Gasteiger partial charge is 0.126 e. The summed E-state index contributed by atoms with van der Waals surface area (Å²) in [6.45, 7) is 0. The molecule has 0 aromatic heterocycles. The van der Waals surface area contributed by atoms with Crippen LogP contribution in [0, 0.1) is 11.6 Å². The van der Waals surface area contributed by atoms with Crippen LogP contribution in [-0.4, -0.2) is 0 Å². The topological polar surface area (TPSA) is 38.0 Å². The molecule has 0 bridgehead atoms. The van der Waals surface area contributed by atoms with Crippen LogP contribution < -0.4 is 11.3 Å². The zero-order chi connectivity index (χ0) is 13.8. The van der Waals surface area contributed by atoms with Gasteiger partial charge < -0.3 is 0 Å². The Kier molecular flexibility index (Phi) is 4.47. The summed E-state index contributed by atoms with van der Waals surface area (Å²) in [5, 5.41) is 0.464. The van der Waals surface area contributed by atoms with Crippen molar-refractivity contribution in [3.05, 3.63) is 70.2 Å². The van der Waals surface area contributed by atoms with Gasteiger partial charge in [-0.25, -0.2) is 8.78 Å². The maximum absolute atomic E-state index is 13.7. The predicted molar refractivity (Wildman–Crippen MR) is 71.6 cm³/mol. The van der Waals surface area contributed by atoms with Crippen molar-refractivity contribution in [2.45, 2.75) is 12.5 Å². The van der Waals surface area contributed by atoms with Gasteiger partial charge in [-0.3, -0.25) is 11.3 Å². The Morgan fingerprint density at radius 2 is 1.79 bits per heavy atom. The van der Waals surface area contributed by atoms with Crippen molar-refractivity contribution in [3.63, 3.8) is 0 Å². The van der Waals surface area contributed by atoms with E-state index in [2.05, 4.69) is 5.43 Å². The van der Waals surface area contributed by atoms with Crippen LogP contribution in [0.25, 0.3) is 0 Å². The highest BCUT2D eigenvalue weighted by Crippen LogP contribution is 2.22. The molecule has 0 aliphatic carbocycles. The van der Waals surface area contributed by atoms with Crippen LogP contribution in [0.1, 0.15) is 17.2 Å². The lowest BCUT2D eigenvalue weighted by Gasteiger charge is -2.17. The van der Waals surface area contributed by atoms with E-state index in [0.717, 1.165) is 5.56 Å². The lowest BCUT2D eigenvalue weighted by molar-refractivity contribution is 0.527. The largest absolute Gasteiger partial charge is 0.271 e. The molecule has 0 radical (unpaired) electrons. The monoisotopic (exact) mass is 282 g/mol. The highest BCUT2D eigenvalue weighted by atomic mass is 35.5. The molecule has 2 aromatic rings. The third-order valence-corrected chi connectivity index (χ3v) is 3.14. The Balaban J connectivity index is 2.23. The molecular weight excluding hydrogens is 270 g/mol. The van der Waals surface area contributed by atoms with Crippen LogP contribution in [0.3, 0.4) is 0 Å². The van der Waals surface area contributed by atoms with E-state index >= 15 is 0 Å². The predicted octanol–water partition coefficient (Wildman–Crippen LogP) is 3.37. The molecule has 0 saturated heterocycles. The van der Waals surface area contributed by atoms with Crippen LogP contribution in [0.5, 0.6) is 0 Å². The molecule has 0 aliphatic heterocycles. The van der Waals surface area contributed by atoms with Gasteiger partial charge in [-0.15, -0.1) is 0 Å². The quantitative estimate of drug-likeness (QED) is 0.666. The van der Waals surface area contributed by atoms with Gasteiger partial charge in [-0.2, -0.15) is 0 Å². The number of hydrogen-bond donors (Lipinski definition) is 2. The molecule has 0 aliphatic rings. The van der Waals surface area contributed by atoms with Crippen LogP contribution in [-0.2, 0) is 6.42 Å². The number of benzene rings is 2. The molecule has 3 N–H and O–H groups in total. The highest BCUT2D eigenvalue weighted by molar-refractivity contribution is 6.30. The van der Waals surface area contributed by atoms with E-state index in [1.807, 2.05) is 0 Å². The minimum absolute atomic E-state index is 0.312. The van der Waals surface area contributed by atoms with E-state index in [1.54, 1.807) is 18.2 Å². The first kappa shape index (κ1) is 13.9. The maximum atomic E-state index is 13.7. The van der Waals surface area contributed by atoms with Crippen molar-refractivity contribution < 1.29 is 8.78 Å². The summed E-state index contributed by atoms with van der Waals surface area (Å²) in [6, 6.07) is 9.96. The SMILES string of the molecule is NNC(Cc1cc(Cl)ccc1F)c1ccc(F)cc1. The molecule has 5 heteroatoms. The number of hydrogen-bond acceptors (Lipinski definition) is 2. The molecular formula is C14H13ClF2N2. The highest BCUT2D eigenvalue weighted by Gasteiger charge is 2.13. The summed E-state index contributed by atoms with van der Waals surface area (Å²) in [5.74, 6) is 4.81. The lowest BCUT2D eigenvalue weighted by atomic mass is 9.99. The van der Waals surface area contributed by atoms with Crippen molar-refractivity contribution in [1.29, 1.82) is 0 Å². The summed E-state index contributed by atoms with van der Waals surface area (Å²) in [4.78, 5) is 0. The fourth-order valence-corrected chi connectivity index (χ4v) is 2.08. The number of nitrogens with two attached hydrogens (primary N) is 1. The van der Waals surface area contributed by atoms with Crippen LogP contribution in [0.4, 0.5) is 8.78 Å². The Morgan fingerprint density at radius 1 is 1.11 bits per heavy atom. The minimum Gasteiger partial charge on any atom is -0.271 e. The minimum atomic E-state index is -0.341. The van der Waals surface area contributed by atoms with E-state index < -0.39 is 0 Å². The number of rotatable bonds is 4. The molecule has 2 rings (SSSR count). The van der Waals surface area contributed by atoms with E-state index in [9.17, 15) is 8.78 Å². The Morgan fingerprint density at radius 3 is 2.42 bits per heavy atom. The molecule has 100 valence electrons. The van der Waals surface area contributed by atoms with Gasteiger partial charge in [0.2, 0.25) is 0 Å². The average Bonchev–Trinajstić information content (AvgIpc) is 2.41. The Labute approximate surface area is 115 Å². The molecule has 2 nitrogen and oxygen atoms in total. The number of nitrogens with one attached hydrogen (secondary N) is 1. The zero-order valence-corrected chi connectivity index (χ0v) is 10.8. The summed E-state index contributed by atoms with van der Waals surface area (Å²) < 4.78 is 26.5. The third-order valence-electron chi connectivity index (χ3n) is 2.91. The third kappa shape index (κ3) is 3.50. The molecule has 19 heavy (non-hydrogen) atoms. The van der Waals surface area contributed by atoms with Gasteiger partial charge in [0.25, 0.3) is 0 Å². The fraction of sp³-hybridized carbons (Fsp3) is 0.143. The van der Waals surface area contributed by atoms with Crippen molar-refractivity contribution in [1.82, 2.24) is 5.43 Å². The standard InChI is InChI=1S/C14H13ClF2N2/c15-11-3-6-13(17)10(7-11)8-14(19-18)9-1-4-12(16)5-2-9/h1-7,14,19H,8,18H2. The van der Waals surface area contributed by atoms with Crippen LogP contribution in [0.15, 0.2) is 42.5 Å². The average molecular weight is 283 g/mol. The van der Waals surface area contributed by atoms with Gasteiger partial charge in [0.05, 0.1) is 6.04 Å². The van der Waals surface area contributed by atoms with Crippen molar-refractivity contribution in [2.24, 2.45) is 5.84 Å². The molecule has 0 amide bonds. The molecule has 1 atom stereocenters. The molecule has 0 spiro atoms. The molecule has 1 unspecified atom stereocenters. The molecule has 0 saturated carbocycles. The maximum Gasteiger partial charge on any atom is 0.126 e. The van der Waals surface area contributed by atoms with Crippen molar-refractivity contribution in [2.75, 3.05) is 0 Å². The van der Waals surface area contributed by atoms with E-state index in [0.29, 0.717) is 17.0 Å². The lowest BCUT2D eigenvalue weighted by Crippen LogP contribution is -2.29. The van der Waals surface area contributed by atoms with E-state index in [1.165, 1.54) is 24.3 Å². The normalized spacial score (nSPS) is 12.4. The number of halogens is 3. The van der Waals surface area contributed by atoms with E-state index in [4.69, 9.17) is 17.4 Å². The summed E-state index contributed by atoms with van der Waals surface area (Å²) in [7, 11) is 0. The first-order valence-electron chi connectivity index (χ1n) is 5.75. The first-order valence-corrected chi connectivity index (χ1v) is 6.13. The van der Waals surface area contributed by atoms with Gasteiger partial charge in [0, 0.05) is 5.02 Å². The van der Waals surface area contributed by atoms with Gasteiger partial charge >= 0.3 is 0 Å². The van der Waals surface area contributed by atoms with Crippen molar-refractivity contribution >= 4 is 11.6 Å². The molecule has 0 fully saturated rings. The van der Waals surface area contributed by atoms with Gasteiger partial charge in [0.1, 0.15) is 11.6 Å². The second kappa shape index (κ2) is 6.10. The molecule has 2 aromatic carbocycles. The number of hydrazine groups is 1. The van der Waals surface area contributed by atoms with Crippen molar-refractivity contribution in [3.8, 4) is 0 Å². The fourth-order valence-electron chi connectivity index (χ4n) is 1.89. The van der Waals surface area contributed by atoms with Gasteiger partial charge in [-0.05, 0) is 47.9 Å². The first-order chi connectivity index (χ1) is 9.10. The molecule has 0 heterocycles. The zero-order valence-electron chi connectivity index (χ0n) is 10.0. The Hall–Kier alpha value is -1.49. The summed E-state index contributed by atoms with van der Waals surface area (Å²) in [6.07, 6.45) is 0.328. The van der Waals surface area contributed by atoms with Crippen LogP contribution in [0.2, 0.25) is 5.02 Å². The second-order valence-corrected chi connectivity index (χ2v) is 4.65. The van der Waals surface area contributed by atoms with Gasteiger partial charge in [-0.1, -0.05) is 23.7 Å². The van der Waals surface area contributed by atoms with Crippen LogP contribution >= 0.6 is 11.6 Å². The second-order valence-electron chi connectivity index (χ2n) is 4.21. The summed E-state index contributed by atoms with van der Waals surface area (Å²) >= 11 is 5.84. The summed E-state index contributed by atoms with van der Waals surface area (Å²) in [5.41, 5.74) is 3.84. The van der Waals surface area contributed by atoms with Gasteiger partial charge in [0.15, 0.2) is 0 Å². The Bertz CT molecular complexity index is 558.